The molecule has 0 saturated heterocycles. The minimum absolute atomic E-state index is 0.117. The monoisotopic (exact) mass is 361 g/mol. The minimum Gasteiger partial charge on any atom is -0.324 e. The van der Waals surface area contributed by atoms with Crippen LogP contribution in [0.3, 0.4) is 0 Å². The number of hydrogen-bond donors (Lipinski definition) is 1. The van der Waals surface area contributed by atoms with Gasteiger partial charge in [-0.05, 0) is 35.7 Å². The van der Waals surface area contributed by atoms with Crippen molar-refractivity contribution < 1.29 is 4.39 Å². The summed E-state index contributed by atoms with van der Waals surface area (Å²) in [6.07, 6.45) is 0.429. The van der Waals surface area contributed by atoms with Crippen LogP contribution in [0.1, 0.15) is 17.2 Å². The fraction of sp³-hybridized carbons (Fsp3) is 0.143. The molecule has 0 heterocycles. The highest BCUT2D eigenvalue weighted by Crippen LogP contribution is 2.29. The summed E-state index contributed by atoms with van der Waals surface area (Å²) in [5.74, 6) is -0.437. The van der Waals surface area contributed by atoms with Crippen molar-refractivity contribution in [2.75, 3.05) is 0 Å². The summed E-state index contributed by atoms with van der Waals surface area (Å²) < 4.78 is 14.2. The van der Waals surface area contributed by atoms with E-state index in [1.807, 2.05) is 12.1 Å². The lowest BCUT2D eigenvalue weighted by Crippen LogP contribution is -2.14. The van der Waals surface area contributed by atoms with Gasteiger partial charge in [-0.15, -0.1) is 0 Å². The van der Waals surface area contributed by atoms with Gasteiger partial charge < -0.3 is 5.73 Å². The van der Waals surface area contributed by atoms with Gasteiger partial charge in [0.15, 0.2) is 0 Å². The molecule has 1 unspecified atom stereocenters. The smallest absolute Gasteiger partial charge is 0.142 e. The van der Waals surface area contributed by atoms with Crippen LogP contribution in [0.25, 0.3) is 0 Å². The van der Waals surface area contributed by atoms with Crippen LogP contribution >= 0.6 is 39.1 Å². The molecule has 0 amide bonds. The first-order chi connectivity index (χ1) is 8.99. The Morgan fingerprint density at radius 2 is 1.95 bits per heavy atom. The second-order valence-corrected chi connectivity index (χ2v) is 5.89. The van der Waals surface area contributed by atoms with Crippen LogP contribution in [0, 0.1) is 5.82 Å². The fourth-order valence-corrected chi connectivity index (χ4v) is 2.87. The highest BCUT2D eigenvalue weighted by Gasteiger charge is 2.14. The second kappa shape index (κ2) is 6.23. The van der Waals surface area contributed by atoms with Crippen molar-refractivity contribution in [2.24, 2.45) is 5.73 Å². The molecule has 0 aliphatic rings. The van der Waals surface area contributed by atoms with Crippen LogP contribution in [-0.4, -0.2) is 0 Å². The Kier molecular flexibility index (Phi) is 4.85. The summed E-state index contributed by atoms with van der Waals surface area (Å²) in [6.45, 7) is 0. The molecule has 2 aromatic rings. The Labute approximate surface area is 129 Å². The van der Waals surface area contributed by atoms with E-state index in [9.17, 15) is 4.39 Å². The number of hydrogen-bond acceptors (Lipinski definition) is 1. The molecule has 2 rings (SSSR count). The maximum Gasteiger partial charge on any atom is 0.142 e. The zero-order valence-electron chi connectivity index (χ0n) is 9.84. The molecule has 1 atom stereocenters. The molecule has 0 radical (unpaired) electrons. The highest BCUT2D eigenvalue weighted by molar-refractivity contribution is 9.10. The van der Waals surface area contributed by atoms with Crippen molar-refractivity contribution in [3.63, 3.8) is 0 Å². The Hall–Kier alpha value is -0.610. The van der Waals surface area contributed by atoms with Gasteiger partial charge in [-0.3, -0.25) is 0 Å². The maximum absolute atomic E-state index is 13.4. The molecule has 5 heteroatoms. The first kappa shape index (κ1) is 14.8. The molecule has 1 nitrogen and oxygen atoms in total. The van der Waals surface area contributed by atoms with Crippen LogP contribution in [0.15, 0.2) is 40.9 Å². The number of benzene rings is 2. The average Bonchev–Trinajstić information content (AvgIpc) is 2.34. The van der Waals surface area contributed by atoms with Gasteiger partial charge >= 0.3 is 0 Å². The van der Waals surface area contributed by atoms with E-state index in [1.54, 1.807) is 18.2 Å². The summed E-state index contributed by atoms with van der Waals surface area (Å²) >= 11 is 15.4. The third-order valence-corrected chi connectivity index (χ3v) is 4.08. The van der Waals surface area contributed by atoms with Gasteiger partial charge in [0, 0.05) is 15.5 Å². The molecule has 100 valence electrons. The molecule has 2 N–H and O–H groups in total. The summed E-state index contributed by atoms with van der Waals surface area (Å²) in [5, 5.41) is 0.695. The Morgan fingerprint density at radius 1 is 1.21 bits per heavy atom. The van der Waals surface area contributed by atoms with Crippen molar-refractivity contribution in [2.45, 2.75) is 12.5 Å². The van der Waals surface area contributed by atoms with Crippen molar-refractivity contribution in [3.05, 3.63) is 67.9 Å². The lowest BCUT2D eigenvalue weighted by atomic mass is 9.99. The summed E-state index contributed by atoms with van der Waals surface area (Å²) in [6, 6.07) is 9.87. The lowest BCUT2D eigenvalue weighted by Gasteiger charge is -2.15. The predicted molar refractivity (Wildman–Crippen MR) is 81.2 cm³/mol. The molecular weight excluding hydrogens is 352 g/mol. The molecular formula is C14H11BrCl2FN. The zero-order chi connectivity index (χ0) is 14.0. The van der Waals surface area contributed by atoms with E-state index in [1.165, 1.54) is 6.07 Å². The largest absolute Gasteiger partial charge is 0.324 e. The molecule has 0 aliphatic heterocycles. The van der Waals surface area contributed by atoms with Crippen LogP contribution in [0.4, 0.5) is 4.39 Å². The van der Waals surface area contributed by atoms with Gasteiger partial charge in [0.1, 0.15) is 5.82 Å². The summed E-state index contributed by atoms with van der Waals surface area (Å²) in [7, 11) is 0. The fourth-order valence-electron chi connectivity index (χ4n) is 1.86. The van der Waals surface area contributed by atoms with Crippen LogP contribution < -0.4 is 5.73 Å². The highest BCUT2D eigenvalue weighted by atomic mass is 79.9. The second-order valence-electron chi connectivity index (χ2n) is 4.19. The molecule has 0 bridgehead atoms. The van der Waals surface area contributed by atoms with E-state index in [0.29, 0.717) is 17.0 Å². The Balaban J connectivity index is 2.25. The maximum atomic E-state index is 13.4. The predicted octanol–water partition coefficient (Wildman–Crippen LogP) is 5.14. The average molecular weight is 363 g/mol. The number of rotatable bonds is 3. The quantitative estimate of drug-likeness (QED) is 0.803. The van der Waals surface area contributed by atoms with Crippen molar-refractivity contribution >= 4 is 39.1 Å². The van der Waals surface area contributed by atoms with Crippen LogP contribution in [0.2, 0.25) is 10.0 Å². The van der Waals surface area contributed by atoms with E-state index >= 15 is 0 Å². The van der Waals surface area contributed by atoms with E-state index in [2.05, 4.69) is 15.9 Å². The van der Waals surface area contributed by atoms with E-state index in [4.69, 9.17) is 28.9 Å². The molecule has 0 fully saturated rings. The van der Waals surface area contributed by atoms with Crippen molar-refractivity contribution in [3.8, 4) is 0 Å². The molecule has 0 aliphatic carbocycles. The lowest BCUT2D eigenvalue weighted by molar-refractivity contribution is 0.622. The molecule has 2 aromatic carbocycles. The standard InChI is InChI=1S/C14H11BrCl2FN/c15-9-4-5-10(11(16)7-9)13(19)6-8-2-1-3-12(18)14(8)17/h1-5,7,13H,6,19H2. The first-order valence-electron chi connectivity index (χ1n) is 5.62. The Bertz CT molecular complexity index is 604. The van der Waals surface area contributed by atoms with Gasteiger partial charge in [-0.1, -0.05) is 57.3 Å². The van der Waals surface area contributed by atoms with Crippen molar-refractivity contribution in [1.29, 1.82) is 0 Å². The van der Waals surface area contributed by atoms with E-state index < -0.39 is 5.82 Å². The van der Waals surface area contributed by atoms with Gasteiger partial charge in [0.2, 0.25) is 0 Å². The van der Waals surface area contributed by atoms with Gasteiger partial charge in [0.05, 0.1) is 5.02 Å². The van der Waals surface area contributed by atoms with E-state index in [-0.39, 0.29) is 11.1 Å². The number of halogens is 4. The SMILES string of the molecule is NC(Cc1cccc(F)c1Cl)c1ccc(Br)cc1Cl. The van der Waals surface area contributed by atoms with Crippen LogP contribution in [0.5, 0.6) is 0 Å². The van der Waals surface area contributed by atoms with Crippen molar-refractivity contribution in [1.82, 2.24) is 0 Å². The Morgan fingerprint density at radius 3 is 2.63 bits per heavy atom. The van der Waals surface area contributed by atoms with Gasteiger partial charge in [0.25, 0.3) is 0 Å². The van der Waals surface area contributed by atoms with Crippen LogP contribution in [-0.2, 0) is 6.42 Å². The summed E-state index contributed by atoms with van der Waals surface area (Å²) in [5.41, 5.74) is 7.60. The third kappa shape index (κ3) is 3.48. The normalized spacial score (nSPS) is 12.5. The summed E-state index contributed by atoms with van der Waals surface area (Å²) in [4.78, 5) is 0. The molecule has 0 aromatic heterocycles. The van der Waals surface area contributed by atoms with E-state index in [0.717, 1.165) is 10.0 Å². The van der Waals surface area contributed by atoms with Gasteiger partial charge in [-0.25, -0.2) is 4.39 Å². The minimum atomic E-state index is -0.437. The molecule has 0 saturated carbocycles. The first-order valence-corrected chi connectivity index (χ1v) is 7.17. The number of nitrogens with two attached hydrogens (primary N) is 1. The third-order valence-electron chi connectivity index (χ3n) is 2.83. The zero-order valence-corrected chi connectivity index (χ0v) is 12.9. The topological polar surface area (TPSA) is 26.0 Å². The van der Waals surface area contributed by atoms with Gasteiger partial charge in [-0.2, -0.15) is 0 Å². The molecule has 0 spiro atoms. The molecule has 19 heavy (non-hydrogen) atoms.